The van der Waals surface area contributed by atoms with E-state index >= 15 is 0 Å². The standard InChI is InChI=1S/C12H20N4O4S/c1-15(2)21(18,19)16-5-6-20-11(8-16)4-3-10-7-12(17)14-9-13-10/h7,9,11H,3-6,8H2,1-2H3,(H,13,14,17)/t11-/m1/s1. The lowest BCUT2D eigenvalue weighted by atomic mass is 10.1. The van der Waals surface area contributed by atoms with Crippen LogP contribution < -0.4 is 5.56 Å². The molecule has 118 valence electrons. The summed E-state index contributed by atoms with van der Waals surface area (Å²) in [4.78, 5) is 17.7. The first-order chi connectivity index (χ1) is 9.89. The quantitative estimate of drug-likeness (QED) is 0.768. The number of ether oxygens (including phenoxy) is 1. The molecule has 1 aromatic heterocycles. The Bertz CT molecular complexity index is 628. The summed E-state index contributed by atoms with van der Waals surface area (Å²) in [6.45, 7) is 1.06. The van der Waals surface area contributed by atoms with Crippen molar-refractivity contribution in [3.8, 4) is 0 Å². The van der Waals surface area contributed by atoms with Gasteiger partial charge in [-0.15, -0.1) is 0 Å². The van der Waals surface area contributed by atoms with E-state index in [4.69, 9.17) is 4.74 Å². The number of aromatic nitrogens is 2. The maximum Gasteiger partial charge on any atom is 0.281 e. The number of rotatable bonds is 5. The van der Waals surface area contributed by atoms with Crippen LogP contribution in [-0.2, 0) is 21.4 Å². The largest absolute Gasteiger partial charge is 0.375 e. The molecular weight excluding hydrogens is 296 g/mol. The molecule has 1 atom stereocenters. The zero-order valence-electron chi connectivity index (χ0n) is 12.2. The summed E-state index contributed by atoms with van der Waals surface area (Å²) in [5, 5.41) is 0. The highest BCUT2D eigenvalue weighted by Crippen LogP contribution is 2.15. The third kappa shape index (κ3) is 4.10. The summed E-state index contributed by atoms with van der Waals surface area (Å²) in [5.74, 6) is 0. The molecule has 1 saturated heterocycles. The Morgan fingerprint density at radius 1 is 1.52 bits per heavy atom. The monoisotopic (exact) mass is 316 g/mol. The van der Waals surface area contributed by atoms with Crippen LogP contribution in [0.5, 0.6) is 0 Å². The van der Waals surface area contributed by atoms with Gasteiger partial charge in [0.05, 0.1) is 19.0 Å². The van der Waals surface area contributed by atoms with Crippen molar-refractivity contribution in [3.63, 3.8) is 0 Å². The highest BCUT2D eigenvalue weighted by atomic mass is 32.2. The number of hydrogen-bond acceptors (Lipinski definition) is 5. The van der Waals surface area contributed by atoms with E-state index in [1.165, 1.54) is 35.1 Å². The molecule has 9 heteroatoms. The van der Waals surface area contributed by atoms with Gasteiger partial charge in [-0.25, -0.2) is 4.98 Å². The summed E-state index contributed by atoms with van der Waals surface area (Å²) in [5.41, 5.74) is 0.483. The molecule has 0 unspecified atom stereocenters. The van der Waals surface area contributed by atoms with E-state index in [1.54, 1.807) is 0 Å². The third-order valence-corrected chi connectivity index (χ3v) is 5.25. The first kappa shape index (κ1) is 16.1. The molecule has 0 bridgehead atoms. The molecule has 0 radical (unpaired) electrons. The number of H-pyrrole nitrogens is 1. The van der Waals surface area contributed by atoms with Crippen LogP contribution in [0.2, 0.25) is 0 Å². The molecule has 0 aromatic carbocycles. The number of nitrogens with one attached hydrogen (secondary N) is 1. The minimum Gasteiger partial charge on any atom is -0.375 e. The molecule has 8 nitrogen and oxygen atoms in total. The molecule has 2 rings (SSSR count). The van der Waals surface area contributed by atoms with Gasteiger partial charge in [0, 0.05) is 38.9 Å². The number of aromatic amines is 1. The first-order valence-corrected chi connectivity index (χ1v) is 8.12. The molecule has 0 amide bonds. The Morgan fingerprint density at radius 3 is 2.95 bits per heavy atom. The maximum absolute atomic E-state index is 12.1. The van der Waals surface area contributed by atoms with E-state index in [0.717, 1.165) is 0 Å². The van der Waals surface area contributed by atoms with E-state index in [1.807, 2.05) is 0 Å². The van der Waals surface area contributed by atoms with E-state index in [9.17, 15) is 13.2 Å². The summed E-state index contributed by atoms with van der Waals surface area (Å²) >= 11 is 0. The van der Waals surface area contributed by atoms with Crippen molar-refractivity contribution in [1.29, 1.82) is 0 Å². The van der Waals surface area contributed by atoms with Gasteiger partial charge in [0.1, 0.15) is 0 Å². The Labute approximate surface area is 123 Å². The lowest BCUT2D eigenvalue weighted by molar-refractivity contribution is -0.00664. The van der Waals surface area contributed by atoms with Crippen LogP contribution in [0, 0.1) is 0 Å². The molecule has 1 aliphatic heterocycles. The van der Waals surface area contributed by atoms with Crippen LogP contribution in [0.4, 0.5) is 0 Å². The minimum absolute atomic E-state index is 0.186. The van der Waals surface area contributed by atoms with Crippen LogP contribution in [0.15, 0.2) is 17.2 Å². The Morgan fingerprint density at radius 2 is 2.29 bits per heavy atom. The van der Waals surface area contributed by atoms with Gasteiger partial charge in [0.25, 0.3) is 15.8 Å². The van der Waals surface area contributed by atoms with Crippen molar-refractivity contribution in [2.45, 2.75) is 18.9 Å². The van der Waals surface area contributed by atoms with Gasteiger partial charge in [-0.2, -0.15) is 17.0 Å². The van der Waals surface area contributed by atoms with Gasteiger partial charge in [0.15, 0.2) is 0 Å². The molecule has 0 saturated carbocycles. The van der Waals surface area contributed by atoms with Crippen molar-refractivity contribution in [1.82, 2.24) is 18.6 Å². The predicted molar refractivity (Wildman–Crippen MR) is 77.1 cm³/mol. The minimum atomic E-state index is -3.41. The smallest absolute Gasteiger partial charge is 0.281 e. The topological polar surface area (TPSA) is 95.6 Å². The fraction of sp³-hybridized carbons (Fsp3) is 0.667. The van der Waals surface area contributed by atoms with E-state index < -0.39 is 10.2 Å². The molecule has 1 N–H and O–H groups in total. The van der Waals surface area contributed by atoms with Gasteiger partial charge < -0.3 is 9.72 Å². The molecule has 1 fully saturated rings. The number of nitrogens with zero attached hydrogens (tertiary/aromatic N) is 3. The molecule has 1 aromatic rings. The second-order valence-corrected chi connectivity index (χ2v) is 7.22. The molecule has 0 aliphatic carbocycles. The van der Waals surface area contributed by atoms with Gasteiger partial charge in [-0.1, -0.05) is 0 Å². The van der Waals surface area contributed by atoms with Crippen LogP contribution in [0.25, 0.3) is 0 Å². The molecule has 1 aliphatic rings. The fourth-order valence-corrected chi connectivity index (χ4v) is 3.28. The Hall–Kier alpha value is -1.29. The van der Waals surface area contributed by atoms with Crippen molar-refractivity contribution in [3.05, 3.63) is 28.4 Å². The van der Waals surface area contributed by atoms with Gasteiger partial charge in [-0.3, -0.25) is 4.79 Å². The van der Waals surface area contributed by atoms with E-state index in [-0.39, 0.29) is 11.7 Å². The van der Waals surface area contributed by atoms with Crippen LogP contribution in [0.3, 0.4) is 0 Å². The number of morpholine rings is 1. The summed E-state index contributed by atoms with van der Waals surface area (Å²) < 4.78 is 32.4. The lowest BCUT2D eigenvalue weighted by Gasteiger charge is -2.33. The number of hydrogen-bond donors (Lipinski definition) is 1. The van der Waals surface area contributed by atoms with Gasteiger partial charge >= 0.3 is 0 Å². The lowest BCUT2D eigenvalue weighted by Crippen LogP contribution is -2.49. The highest BCUT2D eigenvalue weighted by Gasteiger charge is 2.30. The van der Waals surface area contributed by atoms with Crippen molar-refractivity contribution in [2.75, 3.05) is 33.8 Å². The zero-order valence-corrected chi connectivity index (χ0v) is 13.0. The second-order valence-electron chi connectivity index (χ2n) is 5.08. The summed E-state index contributed by atoms with van der Waals surface area (Å²) in [6.07, 6.45) is 2.37. The maximum atomic E-state index is 12.1. The number of aryl methyl sites for hydroxylation is 1. The second kappa shape index (κ2) is 6.65. The highest BCUT2D eigenvalue weighted by molar-refractivity contribution is 7.86. The normalized spacial score (nSPS) is 20.8. The predicted octanol–water partition coefficient (Wildman–Crippen LogP) is -0.790. The van der Waals surface area contributed by atoms with Crippen LogP contribution in [0.1, 0.15) is 12.1 Å². The molecule has 0 spiro atoms. The molecule has 21 heavy (non-hydrogen) atoms. The van der Waals surface area contributed by atoms with Crippen LogP contribution >= 0.6 is 0 Å². The van der Waals surface area contributed by atoms with E-state index in [2.05, 4.69) is 9.97 Å². The van der Waals surface area contributed by atoms with E-state index in [0.29, 0.717) is 38.2 Å². The van der Waals surface area contributed by atoms with Crippen molar-refractivity contribution >= 4 is 10.2 Å². The van der Waals surface area contributed by atoms with Crippen molar-refractivity contribution in [2.24, 2.45) is 0 Å². The van der Waals surface area contributed by atoms with Gasteiger partial charge in [-0.05, 0) is 12.8 Å². The van der Waals surface area contributed by atoms with Gasteiger partial charge in [0.2, 0.25) is 0 Å². The van der Waals surface area contributed by atoms with Crippen LogP contribution in [-0.4, -0.2) is 66.9 Å². The summed E-state index contributed by atoms with van der Waals surface area (Å²) in [7, 11) is -0.379. The fourth-order valence-electron chi connectivity index (χ4n) is 2.16. The Kier molecular flexibility index (Phi) is 5.09. The average molecular weight is 316 g/mol. The Balaban J connectivity index is 1.94. The summed E-state index contributed by atoms with van der Waals surface area (Å²) in [6, 6.07) is 1.44. The third-order valence-electron chi connectivity index (χ3n) is 3.35. The first-order valence-electron chi connectivity index (χ1n) is 6.72. The van der Waals surface area contributed by atoms with Crippen molar-refractivity contribution < 1.29 is 13.2 Å². The molecule has 2 heterocycles. The SMILES string of the molecule is CN(C)S(=O)(=O)N1CCO[C@H](CCc2cc(=O)[nH]cn2)C1. The molecular formula is C12H20N4O4S. The average Bonchev–Trinajstić information content (AvgIpc) is 2.45. The zero-order chi connectivity index (χ0) is 15.5.